The molecule has 2 amide bonds. The fraction of sp³-hybridized carbons (Fsp3) is 0.280. The van der Waals surface area contributed by atoms with E-state index in [-0.39, 0.29) is 17.9 Å². The molecule has 0 unspecified atom stereocenters. The van der Waals surface area contributed by atoms with Gasteiger partial charge in [0.15, 0.2) is 5.76 Å². The first-order chi connectivity index (χ1) is 15.0. The van der Waals surface area contributed by atoms with Gasteiger partial charge < -0.3 is 15.1 Å². The molecule has 0 aliphatic heterocycles. The lowest BCUT2D eigenvalue weighted by Gasteiger charge is -2.16. The van der Waals surface area contributed by atoms with Crippen molar-refractivity contribution >= 4 is 17.5 Å². The van der Waals surface area contributed by atoms with Crippen LogP contribution in [0.4, 0.5) is 5.69 Å². The summed E-state index contributed by atoms with van der Waals surface area (Å²) < 4.78 is 5.73. The summed E-state index contributed by atoms with van der Waals surface area (Å²) in [5.74, 6) is 0.623. The Bertz CT molecular complexity index is 1010. The monoisotopic (exact) mass is 419 g/mol. The molecular weight excluding hydrogens is 390 g/mol. The molecule has 0 aliphatic rings. The summed E-state index contributed by atoms with van der Waals surface area (Å²) in [7, 11) is 0. The van der Waals surface area contributed by atoms with Gasteiger partial charge in [0.25, 0.3) is 11.8 Å². The molecule has 0 aliphatic carbocycles. The molecule has 3 aromatic rings. The van der Waals surface area contributed by atoms with Crippen molar-refractivity contribution < 1.29 is 14.0 Å². The molecule has 2 aromatic carbocycles. The standard InChI is InChI=1S/C25H29N3O3/c1-4-28(5-2)17-22-14-15-23(31-22)25(30)26-18(3)20-12-9-13-21(16-20)27-24(29)19-10-7-6-8-11-19/h6-16,18H,4-5,17H2,1-3H3,(H,26,30)(H,27,29)/t18-/m1/s1. The number of amides is 2. The average molecular weight is 420 g/mol. The Hall–Kier alpha value is -3.38. The third kappa shape index (κ3) is 6.06. The molecular formula is C25H29N3O3. The molecule has 6 nitrogen and oxygen atoms in total. The van der Waals surface area contributed by atoms with Gasteiger partial charge in [0.1, 0.15) is 5.76 Å². The van der Waals surface area contributed by atoms with Gasteiger partial charge in [0.05, 0.1) is 12.6 Å². The Kier molecular flexibility index (Phi) is 7.62. The second-order valence-corrected chi connectivity index (χ2v) is 7.37. The van der Waals surface area contributed by atoms with Crippen LogP contribution in [0.3, 0.4) is 0 Å². The minimum absolute atomic E-state index is 0.175. The first-order valence-corrected chi connectivity index (χ1v) is 10.6. The highest BCUT2D eigenvalue weighted by atomic mass is 16.4. The molecule has 0 bridgehead atoms. The molecule has 0 saturated carbocycles. The van der Waals surface area contributed by atoms with E-state index in [0.717, 1.165) is 24.4 Å². The number of carbonyl (C=O) groups excluding carboxylic acids is 2. The van der Waals surface area contributed by atoms with Gasteiger partial charge in [-0.3, -0.25) is 14.5 Å². The molecule has 1 aromatic heterocycles. The van der Waals surface area contributed by atoms with E-state index in [2.05, 4.69) is 29.4 Å². The van der Waals surface area contributed by atoms with Crippen LogP contribution in [0.2, 0.25) is 0 Å². The van der Waals surface area contributed by atoms with Crippen molar-refractivity contribution in [2.45, 2.75) is 33.4 Å². The molecule has 0 fully saturated rings. The van der Waals surface area contributed by atoms with Crippen LogP contribution >= 0.6 is 0 Å². The van der Waals surface area contributed by atoms with E-state index in [9.17, 15) is 9.59 Å². The molecule has 6 heteroatoms. The topological polar surface area (TPSA) is 74.6 Å². The number of rotatable bonds is 9. The van der Waals surface area contributed by atoms with Crippen LogP contribution in [-0.4, -0.2) is 29.8 Å². The summed E-state index contributed by atoms with van der Waals surface area (Å²) in [5.41, 5.74) is 2.15. The maximum absolute atomic E-state index is 12.6. The minimum atomic E-state index is -0.267. The van der Waals surface area contributed by atoms with E-state index in [1.807, 2.05) is 55.5 Å². The second-order valence-electron chi connectivity index (χ2n) is 7.37. The summed E-state index contributed by atoms with van der Waals surface area (Å²) >= 11 is 0. The lowest BCUT2D eigenvalue weighted by molar-refractivity contribution is 0.0907. The number of nitrogens with one attached hydrogen (secondary N) is 2. The van der Waals surface area contributed by atoms with Gasteiger partial charge in [-0.05, 0) is 62.0 Å². The maximum Gasteiger partial charge on any atom is 0.287 e. The van der Waals surface area contributed by atoms with Crippen LogP contribution in [0.25, 0.3) is 0 Å². The summed E-state index contributed by atoms with van der Waals surface area (Å²) in [5, 5.41) is 5.86. The third-order valence-corrected chi connectivity index (χ3v) is 5.19. The zero-order chi connectivity index (χ0) is 22.2. The number of nitrogens with zero attached hydrogens (tertiary/aromatic N) is 1. The summed E-state index contributed by atoms with van der Waals surface area (Å²) in [6, 6.07) is 19.8. The summed E-state index contributed by atoms with van der Waals surface area (Å²) in [6.07, 6.45) is 0. The lowest BCUT2D eigenvalue weighted by atomic mass is 10.1. The normalized spacial score (nSPS) is 11.9. The predicted octanol–water partition coefficient (Wildman–Crippen LogP) is 4.86. The first-order valence-electron chi connectivity index (χ1n) is 10.6. The van der Waals surface area contributed by atoms with Gasteiger partial charge in [0.2, 0.25) is 0 Å². The van der Waals surface area contributed by atoms with E-state index in [1.54, 1.807) is 18.2 Å². The van der Waals surface area contributed by atoms with Gasteiger partial charge in [0, 0.05) is 11.3 Å². The molecule has 1 heterocycles. The molecule has 162 valence electrons. The molecule has 0 saturated heterocycles. The Balaban J connectivity index is 1.62. The van der Waals surface area contributed by atoms with Gasteiger partial charge in [-0.2, -0.15) is 0 Å². The van der Waals surface area contributed by atoms with Crippen LogP contribution < -0.4 is 10.6 Å². The number of furan rings is 1. The number of benzene rings is 2. The van der Waals surface area contributed by atoms with E-state index in [1.165, 1.54) is 0 Å². The Labute approximate surface area is 183 Å². The fourth-order valence-corrected chi connectivity index (χ4v) is 3.28. The van der Waals surface area contributed by atoms with E-state index < -0.39 is 0 Å². The van der Waals surface area contributed by atoms with Crippen molar-refractivity contribution in [3.05, 3.63) is 89.4 Å². The SMILES string of the molecule is CCN(CC)Cc1ccc(C(=O)N[C@H](C)c2cccc(NC(=O)c3ccccc3)c2)o1. The molecule has 2 N–H and O–H groups in total. The van der Waals surface area contributed by atoms with Crippen LogP contribution in [0.5, 0.6) is 0 Å². The van der Waals surface area contributed by atoms with Crippen molar-refractivity contribution in [3.63, 3.8) is 0 Å². The zero-order valence-electron chi connectivity index (χ0n) is 18.2. The van der Waals surface area contributed by atoms with E-state index in [0.29, 0.717) is 23.6 Å². The zero-order valence-corrected chi connectivity index (χ0v) is 18.2. The minimum Gasteiger partial charge on any atom is -0.455 e. The highest BCUT2D eigenvalue weighted by molar-refractivity contribution is 6.04. The summed E-state index contributed by atoms with van der Waals surface area (Å²) in [6.45, 7) is 8.62. The van der Waals surface area contributed by atoms with Gasteiger partial charge in [-0.15, -0.1) is 0 Å². The Morgan fingerprint density at radius 1 is 0.935 bits per heavy atom. The van der Waals surface area contributed by atoms with E-state index >= 15 is 0 Å². The number of hydrogen-bond acceptors (Lipinski definition) is 4. The molecule has 31 heavy (non-hydrogen) atoms. The van der Waals surface area contributed by atoms with Crippen LogP contribution in [0, 0.1) is 0 Å². The number of carbonyl (C=O) groups is 2. The second kappa shape index (κ2) is 10.6. The lowest BCUT2D eigenvalue weighted by Crippen LogP contribution is -2.26. The first kappa shape index (κ1) is 22.3. The summed E-state index contributed by atoms with van der Waals surface area (Å²) in [4.78, 5) is 27.2. The largest absolute Gasteiger partial charge is 0.455 e. The van der Waals surface area contributed by atoms with Gasteiger partial charge in [-0.1, -0.05) is 44.2 Å². The van der Waals surface area contributed by atoms with Crippen molar-refractivity contribution in [1.82, 2.24) is 10.2 Å². The fourth-order valence-electron chi connectivity index (χ4n) is 3.28. The smallest absolute Gasteiger partial charge is 0.287 e. The van der Waals surface area contributed by atoms with Crippen LogP contribution in [-0.2, 0) is 6.54 Å². The predicted molar refractivity (Wildman–Crippen MR) is 122 cm³/mol. The van der Waals surface area contributed by atoms with Crippen LogP contribution in [0.1, 0.15) is 59.0 Å². The quantitative estimate of drug-likeness (QED) is 0.519. The third-order valence-electron chi connectivity index (χ3n) is 5.19. The maximum atomic E-state index is 12.6. The Morgan fingerprint density at radius 2 is 1.68 bits per heavy atom. The number of hydrogen-bond donors (Lipinski definition) is 2. The highest BCUT2D eigenvalue weighted by Crippen LogP contribution is 2.19. The van der Waals surface area contributed by atoms with Crippen molar-refractivity contribution in [3.8, 4) is 0 Å². The van der Waals surface area contributed by atoms with Crippen molar-refractivity contribution in [2.24, 2.45) is 0 Å². The molecule has 0 spiro atoms. The van der Waals surface area contributed by atoms with Gasteiger partial charge in [-0.25, -0.2) is 0 Å². The van der Waals surface area contributed by atoms with Crippen molar-refractivity contribution in [2.75, 3.05) is 18.4 Å². The van der Waals surface area contributed by atoms with E-state index in [4.69, 9.17) is 4.42 Å². The Morgan fingerprint density at radius 3 is 2.39 bits per heavy atom. The highest BCUT2D eigenvalue weighted by Gasteiger charge is 2.16. The van der Waals surface area contributed by atoms with Crippen LogP contribution in [0.15, 0.2) is 71.1 Å². The van der Waals surface area contributed by atoms with Gasteiger partial charge >= 0.3 is 0 Å². The van der Waals surface area contributed by atoms with Crippen molar-refractivity contribution in [1.29, 1.82) is 0 Å². The molecule has 0 radical (unpaired) electrons. The average Bonchev–Trinajstić information content (AvgIpc) is 3.27. The number of anilines is 1. The molecule has 1 atom stereocenters. The molecule has 3 rings (SSSR count).